The molecule has 2 N–H and O–H groups in total. The predicted molar refractivity (Wildman–Crippen MR) is 116 cm³/mol. The van der Waals surface area contributed by atoms with Gasteiger partial charge in [0.2, 0.25) is 15.9 Å². The van der Waals surface area contributed by atoms with Crippen LogP contribution in [0.25, 0.3) is 0 Å². The summed E-state index contributed by atoms with van der Waals surface area (Å²) in [5, 5.41) is 3.00. The van der Waals surface area contributed by atoms with Gasteiger partial charge in [0.1, 0.15) is 11.8 Å². The van der Waals surface area contributed by atoms with Crippen LogP contribution >= 0.6 is 11.6 Å². The number of ether oxygens (including phenoxy) is 1. The molecule has 1 unspecified atom stereocenters. The van der Waals surface area contributed by atoms with Gasteiger partial charge in [-0.05, 0) is 55.3 Å². The van der Waals surface area contributed by atoms with Gasteiger partial charge in [-0.3, -0.25) is 14.3 Å². The molecule has 8 nitrogen and oxygen atoms in total. The molecule has 0 bridgehead atoms. The summed E-state index contributed by atoms with van der Waals surface area (Å²) in [5.41, 5.74) is 0.962. The Hall–Kier alpha value is -2.78. The Bertz CT molecular complexity index is 1060. The lowest BCUT2D eigenvalue weighted by Gasteiger charge is -2.24. The molecule has 0 saturated carbocycles. The van der Waals surface area contributed by atoms with Gasteiger partial charge in [0.15, 0.2) is 0 Å². The topological polar surface area (TPSA) is 105 Å². The molecular weight excluding hydrogens is 430 g/mol. The number of halogens is 1. The molecular formula is C20H22ClN3O5S. The highest BCUT2D eigenvalue weighted by Gasteiger charge is 2.34. The highest BCUT2D eigenvalue weighted by Crippen LogP contribution is 2.27. The third kappa shape index (κ3) is 5.22. The predicted octanol–water partition coefficient (Wildman–Crippen LogP) is 2.96. The lowest BCUT2D eigenvalue weighted by molar-refractivity contribution is -0.119. The summed E-state index contributed by atoms with van der Waals surface area (Å²) in [5.74, 6) is 0.0250. The zero-order valence-corrected chi connectivity index (χ0v) is 18.1. The summed E-state index contributed by atoms with van der Waals surface area (Å²) in [6.07, 6.45) is 2.22. The normalized spacial score (nSPS) is 16.2. The number of sulfonamides is 1. The minimum absolute atomic E-state index is 0.114. The highest BCUT2D eigenvalue weighted by atomic mass is 35.5. The van der Waals surface area contributed by atoms with Gasteiger partial charge in [-0.25, -0.2) is 8.42 Å². The fourth-order valence-corrected chi connectivity index (χ4v) is 4.07. The Balaban J connectivity index is 1.76. The van der Waals surface area contributed by atoms with Gasteiger partial charge in [0, 0.05) is 17.8 Å². The van der Waals surface area contributed by atoms with Gasteiger partial charge in [-0.15, -0.1) is 0 Å². The van der Waals surface area contributed by atoms with E-state index in [9.17, 15) is 18.0 Å². The Morgan fingerprint density at radius 1 is 1.17 bits per heavy atom. The van der Waals surface area contributed by atoms with Crippen LogP contribution in [0, 0.1) is 0 Å². The van der Waals surface area contributed by atoms with E-state index in [1.54, 1.807) is 31.4 Å². The van der Waals surface area contributed by atoms with Crippen molar-refractivity contribution in [1.29, 1.82) is 0 Å². The Morgan fingerprint density at radius 2 is 1.87 bits per heavy atom. The minimum atomic E-state index is -3.56. The average Bonchev–Trinajstić information content (AvgIpc) is 3.18. The van der Waals surface area contributed by atoms with Crippen molar-refractivity contribution in [3.63, 3.8) is 0 Å². The third-order valence-corrected chi connectivity index (χ3v) is 5.60. The zero-order chi connectivity index (χ0) is 21.9. The second-order valence-electron chi connectivity index (χ2n) is 6.94. The molecule has 2 amide bonds. The van der Waals surface area contributed by atoms with Crippen LogP contribution in [0.3, 0.4) is 0 Å². The molecule has 2 aromatic carbocycles. The number of carbonyl (C=O) groups is 2. The molecule has 2 aromatic rings. The molecule has 1 aliphatic heterocycles. The molecule has 160 valence electrons. The van der Waals surface area contributed by atoms with Crippen molar-refractivity contribution >= 4 is 44.8 Å². The van der Waals surface area contributed by atoms with Gasteiger partial charge in [-0.1, -0.05) is 11.6 Å². The smallest absolute Gasteiger partial charge is 0.254 e. The van der Waals surface area contributed by atoms with Crippen LogP contribution in [0.1, 0.15) is 23.2 Å². The molecule has 0 radical (unpaired) electrons. The van der Waals surface area contributed by atoms with Crippen molar-refractivity contribution < 1.29 is 22.7 Å². The fraction of sp³-hybridized carbons (Fsp3) is 0.300. The van der Waals surface area contributed by atoms with E-state index in [-0.39, 0.29) is 28.1 Å². The van der Waals surface area contributed by atoms with E-state index >= 15 is 0 Å². The first-order valence-electron chi connectivity index (χ1n) is 9.21. The molecule has 0 aromatic heterocycles. The lowest BCUT2D eigenvalue weighted by atomic mass is 10.1. The summed E-state index contributed by atoms with van der Waals surface area (Å²) in [6, 6.07) is 10.6. The SMILES string of the molecule is COc1ccc(NC(=O)C2CCCN2C(=O)c2ccc(Cl)c(NS(C)(=O)=O)c2)cc1. The first-order chi connectivity index (χ1) is 14.2. The number of methoxy groups -OCH3 is 1. The Kier molecular flexibility index (Phi) is 6.52. The van der Waals surface area contributed by atoms with E-state index in [1.807, 2.05) is 0 Å². The van der Waals surface area contributed by atoms with Crippen LogP contribution in [0.5, 0.6) is 5.75 Å². The third-order valence-electron chi connectivity index (χ3n) is 4.68. The number of carbonyl (C=O) groups excluding carboxylic acids is 2. The molecule has 0 spiro atoms. The standard InChI is InChI=1S/C20H22ClN3O5S/c1-29-15-8-6-14(7-9-15)22-19(25)18-4-3-11-24(18)20(26)13-5-10-16(21)17(12-13)23-30(2,27)28/h5-10,12,18,23H,3-4,11H2,1-2H3,(H,22,25). The number of rotatable bonds is 6. The fourth-order valence-electron chi connectivity index (χ4n) is 3.28. The van der Waals surface area contributed by atoms with Crippen LogP contribution < -0.4 is 14.8 Å². The highest BCUT2D eigenvalue weighted by molar-refractivity contribution is 7.92. The number of hydrogen-bond acceptors (Lipinski definition) is 5. The molecule has 1 heterocycles. The molecule has 1 saturated heterocycles. The molecule has 1 aliphatic rings. The number of likely N-dealkylation sites (tertiary alicyclic amines) is 1. The summed E-state index contributed by atoms with van der Waals surface area (Å²) in [4.78, 5) is 27.3. The van der Waals surface area contributed by atoms with Gasteiger partial charge in [0.05, 0.1) is 24.1 Å². The summed E-state index contributed by atoms with van der Waals surface area (Å²) < 4.78 is 30.4. The molecule has 30 heavy (non-hydrogen) atoms. The van der Waals surface area contributed by atoms with Crippen LogP contribution in [0.4, 0.5) is 11.4 Å². The van der Waals surface area contributed by atoms with Gasteiger partial charge >= 0.3 is 0 Å². The first kappa shape index (κ1) is 21.9. The number of hydrogen-bond donors (Lipinski definition) is 2. The second-order valence-corrected chi connectivity index (χ2v) is 9.10. The van der Waals surface area contributed by atoms with Crippen LogP contribution in [0.15, 0.2) is 42.5 Å². The van der Waals surface area contributed by atoms with Crippen molar-refractivity contribution in [2.75, 3.05) is 29.9 Å². The van der Waals surface area contributed by atoms with Crippen LogP contribution in [0.2, 0.25) is 5.02 Å². The van der Waals surface area contributed by atoms with E-state index in [4.69, 9.17) is 16.3 Å². The zero-order valence-electron chi connectivity index (χ0n) is 16.5. The molecule has 1 fully saturated rings. The van der Waals surface area contributed by atoms with Crippen molar-refractivity contribution in [1.82, 2.24) is 4.90 Å². The van der Waals surface area contributed by atoms with Gasteiger partial charge < -0.3 is 15.0 Å². The first-order valence-corrected chi connectivity index (χ1v) is 11.5. The maximum Gasteiger partial charge on any atom is 0.254 e. The maximum absolute atomic E-state index is 13.0. The number of nitrogens with one attached hydrogen (secondary N) is 2. The van der Waals surface area contributed by atoms with Gasteiger partial charge in [-0.2, -0.15) is 0 Å². The molecule has 3 rings (SSSR count). The monoisotopic (exact) mass is 451 g/mol. The Morgan fingerprint density at radius 3 is 2.50 bits per heavy atom. The summed E-state index contributed by atoms with van der Waals surface area (Å²) >= 11 is 6.03. The van der Waals surface area contributed by atoms with E-state index in [0.29, 0.717) is 30.8 Å². The second kappa shape index (κ2) is 8.93. The molecule has 1 atom stereocenters. The van der Waals surface area contributed by atoms with Crippen LogP contribution in [-0.4, -0.2) is 51.1 Å². The number of benzene rings is 2. The van der Waals surface area contributed by atoms with E-state index < -0.39 is 16.1 Å². The van der Waals surface area contributed by atoms with E-state index in [1.165, 1.54) is 23.1 Å². The van der Waals surface area contributed by atoms with E-state index in [2.05, 4.69) is 10.0 Å². The quantitative estimate of drug-likeness (QED) is 0.702. The van der Waals surface area contributed by atoms with Gasteiger partial charge in [0.25, 0.3) is 5.91 Å². The van der Waals surface area contributed by atoms with Crippen LogP contribution in [-0.2, 0) is 14.8 Å². The number of anilines is 2. The number of amides is 2. The van der Waals surface area contributed by atoms with Crippen molar-refractivity contribution in [3.05, 3.63) is 53.1 Å². The summed E-state index contributed by atoms with van der Waals surface area (Å²) in [7, 11) is -2.00. The average molecular weight is 452 g/mol. The number of nitrogens with zero attached hydrogens (tertiary/aromatic N) is 1. The molecule has 10 heteroatoms. The van der Waals surface area contributed by atoms with Crippen molar-refractivity contribution in [2.45, 2.75) is 18.9 Å². The largest absolute Gasteiger partial charge is 0.497 e. The van der Waals surface area contributed by atoms with E-state index in [0.717, 1.165) is 6.26 Å². The molecule has 0 aliphatic carbocycles. The lowest BCUT2D eigenvalue weighted by Crippen LogP contribution is -2.43. The summed E-state index contributed by atoms with van der Waals surface area (Å²) in [6.45, 7) is 0.428. The maximum atomic E-state index is 13.0. The minimum Gasteiger partial charge on any atom is -0.497 e. The Labute approximate surface area is 180 Å². The van der Waals surface area contributed by atoms with Crippen molar-refractivity contribution in [2.24, 2.45) is 0 Å². The van der Waals surface area contributed by atoms with Crippen molar-refractivity contribution in [3.8, 4) is 5.75 Å².